The topological polar surface area (TPSA) is 24.4 Å². The van der Waals surface area contributed by atoms with Gasteiger partial charge >= 0.3 is 0 Å². The molecule has 0 saturated carbocycles. The van der Waals surface area contributed by atoms with Crippen molar-refractivity contribution in [1.82, 2.24) is 0 Å². The van der Waals surface area contributed by atoms with Crippen LogP contribution < -0.4 is 5.32 Å². The number of thioether (sulfide) groups is 1. The van der Waals surface area contributed by atoms with Crippen LogP contribution in [0.1, 0.15) is 20.3 Å². The number of hydrogen-bond acceptors (Lipinski definition) is 3. The third kappa shape index (κ3) is 3.01. The van der Waals surface area contributed by atoms with Crippen LogP contribution in [0.25, 0.3) is 0 Å². The van der Waals surface area contributed by atoms with Gasteiger partial charge in [0, 0.05) is 10.2 Å². The van der Waals surface area contributed by atoms with E-state index in [1.54, 1.807) is 17.8 Å². The standard InChI is InChI=1S/C12H14BrFN2S/c1-3-12(2)7-17-11(16-12)15-10-5-4-8(14)6-9(10)13/h4-6H,3,7H2,1-2H3,(H,15,16). The molecule has 0 amide bonds. The second-order valence-corrected chi connectivity index (χ2v) is 6.12. The van der Waals surface area contributed by atoms with E-state index in [0.29, 0.717) is 4.47 Å². The highest BCUT2D eigenvalue weighted by molar-refractivity contribution is 9.10. The fourth-order valence-corrected chi connectivity index (χ4v) is 3.12. The summed E-state index contributed by atoms with van der Waals surface area (Å²) in [5.74, 6) is 0.742. The Kier molecular flexibility index (Phi) is 3.78. The molecule has 1 aromatic rings. The Balaban J connectivity index is 2.15. The smallest absolute Gasteiger partial charge is 0.161 e. The maximum Gasteiger partial charge on any atom is 0.161 e. The van der Waals surface area contributed by atoms with Gasteiger partial charge in [0.25, 0.3) is 0 Å². The third-order valence-electron chi connectivity index (χ3n) is 2.83. The first-order valence-corrected chi connectivity index (χ1v) is 7.25. The van der Waals surface area contributed by atoms with Crippen LogP contribution in [-0.2, 0) is 0 Å². The van der Waals surface area contributed by atoms with Gasteiger partial charge in [-0.05, 0) is 47.5 Å². The van der Waals surface area contributed by atoms with Crippen molar-refractivity contribution in [1.29, 1.82) is 0 Å². The molecule has 0 saturated heterocycles. The zero-order chi connectivity index (χ0) is 12.5. The van der Waals surface area contributed by atoms with E-state index in [1.807, 2.05) is 0 Å². The summed E-state index contributed by atoms with van der Waals surface area (Å²) in [6.45, 7) is 4.29. The van der Waals surface area contributed by atoms with E-state index < -0.39 is 0 Å². The number of aliphatic imine (C=N–C) groups is 1. The highest BCUT2D eigenvalue weighted by atomic mass is 79.9. The lowest BCUT2D eigenvalue weighted by atomic mass is 10.0. The zero-order valence-electron chi connectivity index (χ0n) is 9.76. The van der Waals surface area contributed by atoms with E-state index in [4.69, 9.17) is 0 Å². The molecule has 17 heavy (non-hydrogen) atoms. The van der Waals surface area contributed by atoms with Crippen molar-refractivity contribution < 1.29 is 4.39 Å². The summed E-state index contributed by atoms with van der Waals surface area (Å²) in [6.07, 6.45) is 1.02. The highest BCUT2D eigenvalue weighted by Crippen LogP contribution is 2.32. The first kappa shape index (κ1) is 12.9. The molecule has 5 heteroatoms. The van der Waals surface area contributed by atoms with Gasteiger partial charge < -0.3 is 5.32 Å². The molecule has 1 N–H and O–H groups in total. The zero-order valence-corrected chi connectivity index (χ0v) is 12.2. The van der Waals surface area contributed by atoms with Crippen molar-refractivity contribution in [2.75, 3.05) is 11.1 Å². The first-order chi connectivity index (χ1) is 8.02. The van der Waals surface area contributed by atoms with Crippen LogP contribution in [0, 0.1) is 5.82 Å². The van der Waals surface area contributed by atoms with Crippen molar-refractivity contribution >= 4 is 38.5 Å². The highest BCUT2D eigenvalue weighted by Gasteiger charge is 2.28. The average molecular weight is 317 g/mol. The van der Waals surface area contributed by atoms with Gasteiger partial charge in [0.05, 0.1) is 11.2 Å². The molecule has 2 nitrogen and oxygen atoms in total. The lowest BCUT2D eigenvalue weighted by Gasteiger charge is -2.15. The van der Waals surface area contributed by atoms with Crippen molar-refractivity contribution in [2.24, 2.45) is 4.99 Å². The van der Waals surface area contributed by atoms with E-state index in [9.17, 15) is 4.39 Å². The molecule has 0 aromatic heterocycles. The van der Waals surface area contributed by atoms with E-state index in [2.05, 4.69) is 40.1 Å². The molecule has 92 valence electrons. The summed E-state index contributed by atoms with van der Waals surface area (Å²) in [4.78, 5) is 4.65. The third-order valence-corrected chi connectivity index (χ3v) is 4.71. The Labute approximate surface area is 113 Å². The number of nitrogens with zero attached hydrogens (tertiary/aromatic N) is 1. The maximum absolute atomic E-state index is 12.9. The molecule has 0 bridgehead atoms. The molecule has 1 aromatic carbocycles. The molecule has 0 aliphatic carbocycles. The van der Waals surface area contributed by atoms with Crippen LogP contribution in [0.15, 0.2) is 27.7 Å². The van der Waals surface area contributed by atoms with Crippen LogP contribution in [0.3, 0.4) is 0 Å². The van der Waals surface area contributed by atoms with Gasteiger partial charge in [-0.25, -0.2) is 4.39 Å². The number of hydrogen-bond donors (Lipinski definition) is 1. The summed E-state index contributed by atoms with van der Waals surface area (Å²) in [7, 11) is 0. The van der Waals surface area contributed by atoms with Crippen molar-refractivity contribution in [2.45, 2.75) is 25.8 Å². The number of benzene rings is 1. The monoisotopic (exact) mass is 316 g/mol. The minimum Gasteiger partial charge on any atom is -0.334 e. The first-order valence-electron chi connectivity index (χ1n) is 5.47. The maximum atomic E-state index is 12.9. The Morgan fingerprint density at radius 3 is 2.94 bits per heavy atom. The Morgan fingerprint density at radius 2 is 2.35 bits per heavy atom. The summed E-state index contributed by atoms with van der Waals surface area (Å²) >= 11 is 5.04. The molecule has 0 fully saturated rings. The van der Waals surface area contributed by atoms with Crippen LogP contribution in [-0.4, -0.2) is 16.5 Å². The van der Waals surface area contributed by atoms with E-state index in [1.165, 1.54) is 12.1 Å². The molecule has 1 aliphatic rings. The number of halogens is 2. The summed E-state index contributed by atoms with van der Waals surface area (Å²) in [6, 6.07) is 4.60. The van der Waals surface area contributed by atoms with Crippen molar-refractivity contribution in [3.63, 3.8) is 0 Å². The number of nitrogens with one attached hydrogen (secondary N) is 1. The lowest BCUT2D eigenvalue weighted by Crippen LogP contribution is -2.20. The predicted molar refractivity (Wildman–Crippen MR) is 76.3 cm³/mol. The van der Waals surface area contributed by atoms with Gasteiger partial charge in [-0.1, -0.05) is 18.7 Å². The van der Waals surface area contributed by atoms with Crippen LogP contribution in [0.5, 0.6) is 0 Å². The lowest BCUT2D eigenvalue weighted by molar-refractivity contribution is 0.523. The largest absolute Gasteiger partial charge is 0.334 e. The van der Waals surface area contributed by atoms with Crippen molar-refractivity contribution in [3.8, 4) is 0 Å². The summed E-state index contributed by atoms with van der Waals surface area (Å²) in [5, 5.41) is 4.13. The predicted octanol–water partition coefficient (Wildman–Crippen LogP) is 4.27. The normalized spacial score (nSPS) is 23.6. The second kappa shape index (κ2) is 4.98. The molecule has 1 atom stereocenters. The Hall–Kier alpha value is -0.550. The van der Waals surface area contributed by atoms with Crippen LogP contribution in [0.2, 0.25) is 0 Å². The molecule has 0 spiro atoms. The number of rotatable bonds is 2. The van der Waals surface area contributed by atoms with Gasteiger partial charge in [0.1, 0.15) is 5.82 Å². The molecular formula is C12H14BrFN2S. The SMILES string of the molecule is CCC1(C)CSC(Nc2ccc(F)cc2Br)=N1. The molecule has 1 heterocycles. The average Bonchev–Trinajstić information content (AvgIpc) is 2.66. The quantitative estimate of drug-likeness (QED) is 0.881. The number of amidine groups is 1. The minimum absolute atomic E-state index is 0.0273. The van der Waals surface area contributed by atoms with Crippen LogP contribution in [0.4, 0.5) is 10.1 Å². The fraction of sp³-hybridized carbons (Fsp3) is 0.417. The van der Waals surface area contributed by atoms with Crippen LogP contribution >= 0.6 is 27.7 Å². The molecule has 0 radical (unpaired) electrons. The van der Waals surface area contributed by atoms with Crippen molar-refractivity contribution in [3.05, 3.63) is 28.5 Å². The second-order valence-electron chi connectivity index (χ2n) is 4.31. The summed E-state index contributed by atoms with van der Waals surface area (Å²) in [5.41, 5.74) is 0.873. The van der Waals surface area contributed by atoms with Gasteiger partial charge in [-0.2, -0.15) is 0 Å². The fourth-order valence-electron chi connectivity index (χ4n) is 1.48. The van der Waals surface area contributed by atoms with Gasteiger partial charge in [0.15, 0.2) is 5.17 Å². The van der Waals surface area contributed by atoms with E-state index in [-0.39, 0.29) is 11.4 Å². The molecule has 1 unspecified atom stereocenters. The van der Waals surface area contributed by atoms with Gasteiger partial charge in [-0.3, -0.25) is 4.99 Å². The van der Waals surface area contributed by atoms with E-state index >= 15 is 0 Å². The van der Waals surface area contributed by atoms with Gasteiger partial charge in [0.2, 0.25) is 0 Å². The number of anilines is 1. The molecule has 1 aliphatic heterocycles. The Bertz CT molecular complexity index is 464. The Morgan fingerprint density at radius 1 is 1.59 bits per heavy atom. The molecule has 2 rings (SSSR count). The molecular weight excluding hydrogens is 303 g/mol. The van der Waals surface area contributed by atoms with E-state index in [0.717, 1.165) is 23.0 Å². The summed E-state index contributed by atoms with van der Waals surface area (Å²) < 4.78 is 13.7. The minimum atomic E-state index is -0.248. The van der Waals surface area contributed by atoms with Gasteiger partial charge in [-0.15, -0.1) is 0 Å².